The third-order valence-corrected chi connectivity index (χ3v) is 5.66. The summed E-state index contributed by atoms with van der Waals surface area (Å²) in [6, 6.07) is 4.89. The molecule has 0 radical (unpaired) electrons. The summed E-state index contributed by atoms with van der Waals surface area (Å²) in [5, 5.41) is 19.1. The third kappa shape index (κ3) is 8.24. The minimum atomic E-state index is -4.98. The molecule has 18 heteroatoms. The Morgan fingerprint density at radius 3 is 2.64 bits per heavy atom. The fraction of sp³-hybridized carbons (Fsp3) is 0.292. The molecular weight excluding hydrogens is 576 g/mol. The predicted molar refractivity (Wildman–Crippen MR) is 129 cm³/mol. The van der Waals surface area contributed by atoms with Crippen LogP contribution in [-0.4, -0.2) is 71.2 Å². The molecule has 4 rings (SSSR count). The van der Waals surface area contributed by atoms with Crippen LogP contribution in [0.4, 0.5) is 26.3 Å². The third-order valence-electron chi connectivity index (χ3n) is 5.66. The number of amides is 2. The highest BCUT2D eigenvalue weighted by atomic mass is 19.4. The van der Waals surface area contributed by atoms with Crippen molar-refractivity contribution in [2.75, 3.05) is 6.54 Å². The Morgan fingerprint density at radius 1 is 1.12 bits per heavy atom. The SMILES string of the molecule is O=C(NCc1cc(OC(F)(F)F)ccc1F)c1cn(CC(F)CCN(Cc2ncccc2F)C(=O)c2c[nH]nn2)nn1. The highest BCUT2D eigenvalue weighted by molar-refractivity contribution is 5.92. The molecule has 2 amide bonds. The van der Waals surface area contributed by atoms with Crippen molar-refractivity contribution < 1.29 is 40.7 Å². The number of pyridine rings is 1. The molecule has 0 saturated heterocycles. The zero-order valence-corrected chi connectivity index (χ0v) is 21.4. The van der Waals surface area contributed by atoms with Gasteiger partial charge in [0, 0.05) is 24.8 Å². The number of carbonyl (C=O) groups excluding carboxylic acids is 2. The Morgan fingerprint density at radius 2 is 1.93 bits per heavy atom. The monoisotopic (exact) mass is 597 g/mol. The van der Waals surface area contributed by atoms with Crippen molar-refractivity contribution in [1.82, 2.24) is 45.6 Å². The lowest BCUT2D eigenvalue weighted by Crippen LogP contribution is -2.34. The molecule has 0 bridgehead atoms. The normalized spacial score (nSPS) is 12.1. The van der Waals surface area contributed by atoms with Crippen LogP contribution in [0, 0.1) is 11.6 Å². The molecule has 0 fully saturated rings. The number of rotatable bonds is 12. The number of nitrogens with zero attached hydrogens (tertiary/aromatic N) is 7. The molecular formula is C24H21F6N9O3. The molecule has 222 valence electrons. The maximum Gasteiger partial charge on any atom is 0.573 e. The minimum absolute atomic E-state index is 0.0313. The Balaban J connectivity index is 1.32. The lowest BCUT2D eigenvalue weighted by atomic mass is 10.2. The van der Waals surface area contributed by atoms with E-state index in [-0.39, 0.29) is 48.7 Å². The number of aromatic nitrogens is 7. The lowest BCUT2D eigenvalue weighted by Gasteiger charge is -2.22. The summed E-state index contributed by atoms with van der Waals surface area (Å²) in [6.45, 7) is -1.28. The predicted octanol–water partition coefficient (Wildman–Crippen LogP) is 2.97. The highest BCUT2D eigenvalue weighted by Crippen LogP contribution is 2.24. The molecule has 2 N–H and O–H groups in total. The molecule has 0 aliphatic carbocycles. The Labute approximate surface area is 232 Å². The van der Waals surface area contributed by atoms with Crippen molar-refractivity contribution in [3.05, 3.63) is 83.2 Å². The molecule has 3 heterocycles. The van der Waals surface area contributed by atoms with Crippen molar-refractivity contribution in [3.8, 4) is 5.75 Å². The summed E-state index contributed by atoms with van der Waals surface area (Å²) in [5.74, 6) is -3.67. The van der Waals surface area contributed by atoms with Gasteiger partial charge in [-0.15, -0.1) is 23.4 Å². The first-order valence-corrected chi connectivity index (χ1v) is 12.1. The van der Waals surface area contributed by atoms with E-state index in [0.29, 0.717) is 0 Å². The number of H-pyrrole nitrogens is 1. The fourth-order valence-corrected chi connectivity index (χ4v) is 3.67. The van der Waals surface area contributed by atoms with Gasteiger partial charge in [0.05, 0.1) is 31.2 Å². The summed E-state index contributed by atoms with van der Waals surface area (Å²) in [4.78, 5) is 30.3. The van der Waals surface area contributed by atoms with E-state index in [2.05, 4.69) is 40.8 Å². The van der Waals surface area contributed by atoms with Gasteiger partial charge in [0.25, 0.3) is 11.8 Å². The number of halogens is 6. The molecule has 12 nitrogen and oxygen atoms in total. The average Bonchev–Trinajstić information content (AvgIpc) is 3.64. The number of hydrogen-bond donors (Lipinski definition) is 2. The van der Waals surface area contributed by atoms with Crippen molar-refractivity contribution >= 4 is 11.8 Å². The van der Waals surface area contributed by atoms with Crippen LogP contribution in [0.2, 0.25) is 0 Å². The van der Waals surface area contributed by atoms with E-state index in [1.54, 1.807) is 0 Å². The molecule has 1 aromatic carbocycles. The Kier molecular flexibility index (Phi) is 9.33. The van der Waals surface area contributed by atoms with Gasteiger partial charge < -0.3 is 15.0 Å². The number of alkyl halides is 4. The zero-order chi connectivity index (χ0) is 30.3. The number of nitrogens with one attached hydrogen (secondary N) is 2. The van der Waals surface area contributed by atoms with Crippen LogP contribution in [-0.2, 0) is 19.6 Å². The number of benzene rings is 1. The maximum atomic E-state index is 14.9. The Bertz CT molecular complexity index is 1510. The van der Waals surface area contributed by atoms with Crippen LogP contribution >= 0.6 is 0 Å². The van der Waals surface area contributed by atoms with Gasteiger partial charge in [-0.3, -0.25) is 19.7 Å². The second kappa shape index (κ2) is 13.1. The van der Waals surface area contributed by atoms with Crippen LogP contribution in [0.3, 0.4) is 0 Å². The largest absolute Gasteiger partial charge is 0.573 e. The number of carbonyl (C=O) groups is 2. The molecule has 0 aliphatic heterocycles. The zero-order valence-electron chi connectivity index (χ0n) is 21.4. The molecule has 0 saturated carbocycles. The van der Waals surface area contributed by atoms with Gasteiger partial charge in [0.2, 0.25) is 0 Å². The second-order valence-corrected chi connectivity index (χ2v) is 8.71. The van der Waals surface area contributed by atoms with Gasteiger partial charge in [0.15, 0.2) is 11.4 Å². The van der Waals surface area contributed by atoms with Crippen molar-refractivity contribution in [1.29, 1.82) is 0 Å². The molecule has 0 aliphatic rings. The second-order valence-electron chi connectivity index (χ2n) is 8.71. The molecule has 42 heavy (non-hydrogen) atoms. The average molecular weight is 597 g/mol. The molecule has 1 atom stereocenters. The number of ether oxygens (including phenoxy) is 1. The van der Waals surface area contributed by atoms with E-state index in [4.69, 9.17) is 0 Å². The van der Waals surface area contributed by atoms with E-state index in [1.165, 1.54) is 24.5 Å². The first kappa shape index (κ1) is 29.9. The van der Waals surface area contributed by atoms with Crippen LogP contribution < -0.4 is 10.1 Å². The van der Waals surface area contributed by atoms with Gasteiger partial charge in [0.1, 0.15) is 23.6 Å². The van der Waals surface area contributed by atoms with Crippen LogP contribution in [0.1, 0.15) is 38.7 Å². The fourth-order valence-electron chi connectivity index (χ4n) is 3.67. The quantitative estimate of drug-likeness (QED) is 0.237. The van der Waals surface area contributed by atoms with E-state index in [9.17, 15) is 35.9 Å². The highest BCUT2D eigenvalue weighted by Gasteiger charge is 2.31. The first-order valence-electron chi connectivity index (χ1n) is 12.1. The minimum Gasteiger partial charge on any atom is -0.406 e. The summed E-state index contributed by atoms with van der Waals surface area (Å²) in [6.07, 6.45) is -3.08. The molecule has 4 aromatic rings. The maximum absolute atomic E-state index is 14.9. The number of hydrogen-bond acceptors (Lipinski definition) is 8. The van der Waals surface area contributed by atoms with Crippen LogP contribution in [0.15, 0.2) is 48.9 Å². The molecule has 1 unspecified atom stereocenters. The van der Waals surface area contributed by atoms with Gasteiger partial charge >= 0.3 is 6.36 Å². The van der Waals surface area contributed by atoms with Gasteiger partial charge in [-0.2, -0.15) is 0 Å². The van der Waals surface area contributed by atoms with E-state index >= 15 is 0 Å². The van der Waals surface area contributed by atoms with E-state index < -0.39 is 48.3 Å². The molecule has 0 spiro atoms. The summed E-state index contributed by atoms with van der Waals surface area (Å²) < 4.78 is 85.0. The van der Waals surface area contributed by atoms with E-state index in [1.807, 2.05) is 0 Å². The summed E-state index contributed by atoms with van der Waals surface area (Å²) in [5.41, 5.74) is -0.639. The van der Waals surface area contributed by atoms with Gasteiger partial charge in [-0.1, -0.05) is 10.4 Å². The van der Waals surface area contributed by atoms with Gasteiger partial charge in [-0.05, 0) is 36.8 Å². The summed E-state index contributed by atoms with van der Waals surface area (Å²) in [7, 11) is 0. The summed E-state index contributed by atoms with van der Waals surface area (Å²) >= 11 is 0. The van der Waals surface area contributed by atoms with Gasteiger partial charge in [-0.25, -0.2) is 17.9 Å². The van der Waals surface area contributed by atoms with Crippen molar-refractivity contribution in [3.63, 3.8) is 0 Å². The van der Waals surface area contributed by atoms with Crippen LogP contribution in [0.5, 0.6) is 5.75 Å². The Hall–Kier alpha value is -5.03. The standard InChI is InChI=1S/C24H21F6N9O3/c25-15(5-7-38(23(41)19-10-33-36-34-19)12-20-18(27)2-1-6-31-20)11-39-13-21(35-37-39)22(40)32-9-14-8-16(3-4-17(14)26)42-24(28,29)30/h1-4,6,8,10,13,15H,5,7,9,11-12H2,(H,32,40)(H,33,34,36). The van der Waals surface area contributed by atoms with Crippen molar-refractivity contribution in [2.24, 2.45) is 0 Å². The van der Waals surface area contributed by atoms with Crippen LogP contribution in [0.25, 0.3) is 0 Å². The smallest absolute Gasteiger partial charge is 0.406 e. The lowest BCUT2D eigenvalue weighted by molar-refractivity contribution is -0.274. The van der Waals surface area contributed by atoms with E-state index in [0.717, 1.165) is 34.0 Å². The first-order chi connectivity index (χ1) is 20.0. The number of aromatic amines is 1. The topological polar surface area (TPSA) is 144 Å². The molecule has 3 aromatic heterocycles. The van der Waals surface area contributed by atoms with Crippen molar-refractivity contribution in [2.45, 2.75) is 38.6 Å².